The maximum absolute atomic E-state index is 13.6. The van der Waals surface area contributed by atoms with Gasteiger partial charge in [0.25, 0.3) is 5.91 Å². The van der Waals surface area contributed by atoms with Crippen LogP contribution in [0, 0.1) is 5.82 Å². The van der Waals surface area contributed by atoms with Gasteiger partial charge in [-0.25, -0.2) is 4.39 Å². The number of aldehydes is 1. The van der Waals surface area contributed by atoms with Crippen LogP contribution in [0.4, 0.5) is 4.39 Å². The number of hydrogen-bond donors (Lipinski definition) is 2. The highest BCUT2D eigenvalue weighted by Crippen LogP contribution is 2.30. The van der Waals surface area contributed by atoms with Crippen molar-refractivity contribution in [1.82, 2.24) is 20.1 Å². The fraction of sp³-hybridized carbons (Fsp3) is 0.370. The molecule has 0 spiro atoms. The van der Waals surface area contributed by atoms with E-state index in [1.807, 2.05) is 25.9 Å². The highest BCUT2D eigenvalue weighted by Gasteiger charge is 2.34. The van der Waals surface area contributed by atoms with E-state index in [9.17, 15) is 18.8 Å². The Bertz CT molecular complexity index is 1220. The second kappa shape index (κ2) is 11.9. The number of nitrogens with zero attached hydrogens (tertiary/aromatic N) is 2. The summed E-state index contributed by atoms with van der Waals surface area (Å²) in [5.74, 6) is -0.712. The first-order valence-corrected chi connectivity index (χ1v) is 11.8. The zero-order valence-electron chi connectivity index (χ0n) is 21.3. The van der Waals surface area contributed by atoms with E-state index in [4.69, 9.17) is 4.74 Å². The first-order valence-electron chi connectivity index (χ1n) is 11.8. The van der Waals surface area contributed by atoms with Crippen molar-refractivity contribution in [3.8, 4) is 5.75 Å². The van der Waals surface area contributed by atoms with Crippen molar-refractivity contribution in [1.29, 1.82) is 0 Å². The third-order valence-corrected chi connectivity index (χ3v) is 6.28. The fourth-order valence-corrected chi connectivity index (χ4v) is 4.43. The Morgan fingerprint density at radius 2 is 1.78 bits per heavy atom. The topological polar surface area (TPSA) is 94.7 Å². The van der Waals surface area contributed by atoms with Crippen molar-refractivity contribution in [3.05, 3.63) is 65.1 Å². The van der Waals surface area contributed by atoms with Crippen LogP contribution in [0.25, 0.3) is 10.9 Å². The summed E-state index contributed by atoms with van der Waals surface area (Å²) >= 11 is 0. The van der Waals surface area contributed by atoms with Crippen molar-refractivity contribution < 1.29 is 23.5 Å². The number of carbonyl (C=O) groups is 3. The summed E-state index contributed by atoms with van der Waals surface area (Å²) in [7, 11) is 5.24. The zero-order valence-corrected chi connectivity index (χ0v) is 21.3. The van der Waals surface area contributed by atoms with Crippen LogP contribution in [0.1, 0.15) is 40.1 Å². The number of ether oxygens (including phenoxy) is 1. The van der Waals surface area contributed by atoms with Crippen LogP contribution in [0.3, 0.4) is 0 Å². The Balaban J connectivity index is 0.00000115. The van der Waals surface area contributed by atoms with Crippen LogP contribution in [-0.4, -0.2) is 79.1 Å². The van der Waals surface area contributed by atoms with E-state index in [1.54, 1.807) is 24.3 Å². The molecule has 2 aromatic carbocycles. The van der Waals surface area contributed by atoms with E-state index in [0.29, 0.717) is 41.9 Å². The predicted molar refractivity (Wildman–Crippen MR) is 137 cm³/mol. The SMILES string of the molecule is CNC.COc1cc2[nH]cc(C(=O)C=O)c2cc1C(=O)N1C[C@H](C)N(Cc2ccc(F)cc2)CC1C. The molecule has 1 fully saturated rings. The van der Waals surface area contributed by atoms with Gasteiger partial charge in [-0.3, -0.25) is 19.3 Å². The lowest BCUT2D eigenvalue weighted by Gasteiger charge is -2.44. The summed E-state index contributed by atoms with van der Waals surface area (Å²) in [5, 5.41) is 3.26. The lowest BCUT2D eigenvalue weighted by atomic mass is 10.0. The number of rotatable bonds is 6. The normalized spacial score (nSPS) is 17.9. The van der Waals surface area contributed by atoms with E-state index in [1.165, 1.54) is 25.4 Å². The molecule has 1 saturated heterocycles. The minimum absolute atomic E-state index is 0.0724. The van der Waals surface area contributed by atoms with Crippen LogP contribution >= 0.6 is 0 Å². The van der Waals surface area contributed by atoms with Crippen molar-refractivity contribution in [2.45, 2.75) is 32.5 Å². The van der Waals surface area contributed by atoms with Gasteiger partial charge < -0.3 is 19.9 Å². The van der Waals surface area contributed by atoms with E-state index in [0.717, 1.165) is 5.56 Å². The number of fused-ring (bicyclic) bond motifs is 1. The number of hydrogen-bond acceptors (Lipinski definition) is 6. The molecule has 9 heteroatoms. The number of ketones is 1. The molecule has 4 rings (SSSR count). The third kappa shape index (κ3) is 5.80. The standard InChI is InChI=1S/C25H26FN3O4.C2H7N/c1-15-12-29(16(2)11-28(15)13-17-4-6-18(26)7-5-17)25(32)20-8-19-21(23(31)14-30)10-27-22(19)9-24(20)33-3;1-3-2/h4-10,14-16,27H,11-13H2,1-3H3;3H,1-2H3/t15-,16?;/m0./s1. The molecule has 3 aromatic rings. The first kappa shape index (κ1) is 27.0. The van der Waals surface area contributed by atoms with E-state index < -0.39 is 5.78 Å². The van der Waals surface area contributed by atoms with Gasteiger partial charge in [-0.2, -0.15) is 0 Å². The molecule has 0 saturated carbocycles. The quantitative estimate of drug-likeness (QED) is 0.309. The number of amides is 1. The molecule has 8 nitrogen and oxygen atoms in total. The molecule has 0 aliphatic carbocycles. The second-order valence-corrected chi connectivity index (χ2v) is 8.99. The first-order chi connectivity index (χ1) is 17.2. The Labute approximate surface area is 210 Å². The number of methoxy groups -OCH3 is 1. The summed E-state index contributed by atoms with van der Waals surface area (Å²) in [6.45, 7) is 5.89. The Hall–Kier alpha value is -3.56. The molecule has 1 unspecified atom stereocenters. The summed E-state index contributed by atoms with van der Waals surface area (Å²) in [4.78, 5) is 43.6. The summed E-state index contributed by atoms with van der Waals surface area (Å²) in [6.07, 6.45) is 1.73. The molecule has 0 radical (unpaired) electrons. The van der Waals surface area contributed by atoms with E-state index in [2.05, 4.69) is 22.1 Å². The van der Waals surface area contributed by atoms with Gasteiger partial charge in [0, 0.05) is 54.9 Å². The highest BCUT2D eigenvalue weighted by atomic mass is 19.1. The molecule has 0 bridgehead atoms. The third-order valence-electron chi connectivity index (χ3n) is 6.28. The Morgan fingerprint density at radius 1 is 1.11 bits per heavy atom. The number of carbonyl (C=O) groups excluding carboxylic acids is 3. The molecule has 2 N–H and O–H groups in total. The number of piperazine rings is 1. The van der Waals surface area contributed by atoms with E-state index in [-0.39, 0.29) is 35.7 Å². The fourth-order valence-electron chi connectivity index (χ4n) is 4.43. The maximum atomic E-state index is 13.6. The van der Waals surface area contributed by atoms with Crippen LogP contribution in [0.2, 0.25) is 0 Å². The molecule has 1 amide bonds. The van der Waals surface area contributed by atoms with Crippen molar-refractivity contribution >= 4 is 28.9 Å². The van der Waals surface area contributed by atoms with Gasteiger partial charge in [0.05, 0.1) is 18.2 Å². The second-order valence-electron chi connectivity index (χ2n) is 8.99. The number of Topliss-reactive ketones (excluding diaryl/α,β-unsaturated/α-hetero) is 1. The van der Waals surface area contributed by atoms with Crippen LogP contribution in [-0.2, 0) is 11.3 Å². The Kier molecular flexibility index (Phi) is 8.95. The molecule has 1 aliphatic rings. The lowest BCUT2D eigenvalue weighted by molar-refractivity contribution is -0.104. The number of halogens is 1. The summed E-state index contributed by atoms with van der Waals surface area (Å²) < 4.78 is 18.7. The molecular formula is C27H33FN4O4. The monoisotopic (exact) mass is 496 g/mol. The predicted octanol–water partition coefficient (Wildman–Crippen LogP) is 3.27. The number of aromatic nitrogens is 1. The smallest absolute Gasteiger partial charge is 0.257 e. The number of benzene rings is 2. The van der Waals surface area contributed by atoms with Crippen LogP contribution < -0.4 is 10.1 Å². The Morgan fingerprint density at radius 3 is 2.39 bits per heavy atom. The number of H-pyrrole nitrogens is 1. The van der Waals surface area contributed by atoms with Gasteiger partial charge in [0.1, 0.15) is 11.6 Å². The average molecular weight is 497 g/mol. The highest BCUT2D eigenvalue weighted by molar-refractivity contribution is 6.36. The minimum Gasteiger partial charge on any atom is -0.496 e. The molecule has 36 heavy (non-hydrogen) atoms. The van der Waals surface area contributed by atoms with Gasteiger partial charge in [-0.15, -0.1) is 0 Å². The zero-order chi connectivity index (χ0) is 26.4. The number of aromatic amines is 1. The molecule has 2 heterocycles. The van der Waals surface area contributed by atoms with Gasteiger partial charge >= 0.3 is 0 Å². The average Bonchev–Trinajstić information content (AvgIpc) is 3.29. The van der Waals surface area contributed by atoms with Gasteiger partial charge in [0.2, 0.25) is 5.78 Å². The van der Waals surface area contributed by atoms with Gasteiger partial charge in [-0.05, 0) is 51.7 Å². The van der Waals surface area contributed by atoms with Crippen molar-refractivity contribution in [3.63, 3.8) is 0 Å². The minimum atomic E-state index is -0.652. The van der Waals surface area contributed by atoms with Gasteiger partial charge in [-0.1, -0.05) is 12.1 Å². The molecule has 192 valence electrons. The molecule has 2 atom stereocenters. The summed E-state index contributed by atoms with van der Waals surface area (Å²) in [5.41, 5.74) is 2.19. The van der Waals surface area contributed by atoms with Gasteiger partial charge in [0.15, 0.2) is 6.29 Å². The maximum Gasteiger partial charge on any atom is 0.257 e. The molecular weight excluding hydrogens is 463 g/mol. The van der Waals surface area contributed by atoms with Crippen LogP contribution in [0.5, 0.6) is 5.75 Å². The lowest BCUT2D eigenvalue weighted by Crippen LogP contribution is -2.57. The van der Waals surface area contributed by atoms with Crippen LogP contribution in [0.15, 0.2) is 42.6 Å². The summed E-state index contributed by atoms with van der Waals surface area (Å²) in [6, 6.07) is 9.77. The largest absolute Gasteiger partial charge is 0.496 e. The van der Waals surface area contributed by atoms with E-state index >= 15 is 0 Å². The van der Waals surface area contributed by atoms with Crippen molar-refractivity contribution in [2.24, 2.45) is 0 Å². The molecule has 1 aliphatic heterocycles. The molecule has 1 aromatic heterocycles. The number of nitrogens with one attached hydrogen (secondary N) is 2. The van der Waals surface area contributed by atoms with Crippen molar-refractivity contribution in [2.75, 3.05) is 34.3 Å².